The molecule has 2 aliphatic rings. The molecule has 2 aliphatic heterocycles. The van der Waals surface area contributed by atoms with Crippen molar-refractivity contribution in [3.63, 3.8) is 0 Å². The van der Waals surface area contributed by atoms with Gasteiger partial charge in [-0.2, -0.15) is 4.31 Å². The van der Waals surface area contributed by atoms with Crippen LogP contribution < -0.4 is 0 Å². The minimum atomic E-state index is -4.55. The number of halogens is 1. The summed E-state index contributed by atoms with van der Waals surface area (Å²) in [6.07, 6.45) is -3.41. The molecule has 0 saturated carbocycles. The Morgan fingerprint density at radius 3 is 2.31 bits per heavy atom. The highest BCUT2D eigenvalue weighted by molar-refractivity contribution is 7.89. The SMILES string of the molecule is Cc1ccc(S(=O)(=O)N(C(=O)OC(C)(C)C)[C@H]2C[C@H](C(=O)N3CCc4ccccc4[C@@H]3c3ccc(F)cc3)OC[C@@H]2O[C@H](C)COCc2ccccc2)cc1. The molecule has 4 aromatic carbocycles. The number of aryl methyl sites for hydroxylation is 1. The molecule has 292 valence electrons. The van der Waals surface area contributed by atoms with Crippen molar-refractivity contribution in [2.24, 2.45) is 0 Å². The normalized spacial score (nSPS) is 20.7. The number of sulfonamides is 1. The Morgan fingerprint density at radius 2 is 1.62 bits per heavy atom. The highest BCUT2D eigenvalue weighted by Crippen LogP contribution is 2.38. The lowest BCUT2D eigenvalue weighted by Gasteiger charge is -2.44. The van der Waals surface area contributed by atoms with Crippen LogP contribution in [0.2, 0.25) is 0 Å². The first kappa shape index (κ1) is 40.1. The van der Waals surface area contributed by atoms with Crippen molar-refractivity contribution in [3.8, 4) is 0 Å². The van der Waals surface area contributed by atoms with E-state index in [1.807, 2.05) is 61.5 Å². The average molecular weight is 773 g/mol. The predicted octanol–water partition coefficient (Wildman–Crippen LogP) is 7.38. The van der Waals surface area contributed by atoms with Gasteiger partial charge in [-0.25, -0.2) is 17.6 Å². The smallest absolute Gasteiger partial charge is 0.424 e. The molecule has 2 amide bonds. The Labute approximate surface area is 323 Å². The standard InChI is InChI=1S/C43H49FN2O8S/c1-29-15-21-35(22-16-29)55(49,50)46(42(48)54-43(3,4)5)37-25-38(52-28-39(37)53-30(2)26-51-27-31-11-7-6-8-12-31)41(47)45-24-23-32-13-9-10-14-36(32)40(45)33-17-19-34(44)20-18-33/h6-22,30,37-40H,23-28H2,1-5H3/t30-,37+,38-,39+,40+/m1/s1. The number of fused-ring (bicyclic) bond motifs is 1. The molecule has 6 rings (SSSR count). The largest absolute Gasteiger partial charge is 0.443 e. The number of hydrogen-bond acceptors (Lipinski definition) is 8. The molecule has 10 nitrogen and oxygen atoms in total. The fourth-order valence-electron chi connectivity index (χ4n) is 7.10. The summed E-state index contributed by atoms with van der Waals surface area (Å²) >= 11 is 0. The molecule has 1 saturated heterocycles. The van der Waals surface area contributed by atoms with E-state index in [4.69, 9.17) is 18.9 Å². The fourth-order valence-corrected chi connectivity index (χ4v) is 8.62. The lowest BCUT2D eigenvalue weighted by atomic mass is 9.87. The van der Waals surface area contributed by atoms with Crippen LogP contribution in [0.4, 0.5) is 9.18 Å². The van der Waals surface area contributed by atoms with Crippen LogP contribution in [0.25, 0.3) is 0 Å². The van der Waals surface area contributed by atoms with Gasteiger partial charge in [-0.15, -0.1) is 0 Å². The average Bonchev–Trinajstić information content (AvgIpc) is 3.15. The summed E-state index contributed by atoms with van der Waals surface area (Å²) in [6.45, 7) is 9.25. The number of rotatable bonds is 11. The van der Waals surface area contributed by atoms with Crippen molar-refractivity contribution in [1.82, 2.24) is 9.21 Å². The fraction of sp³-hybridized carbons (Fsp3) is 0.395. The first-order valence-corrected chi connectivity index (χ1v) is 20.0. The third-order valence-electron chi connectivity index (χ3n) is 9.70. The molecular weight excluding hydrogens is 724 g/mol. The van der Waals surface area contributed by atoms with E-state index in [9.17, 15) is 22.4 Å². The second-order valence-electron chi connectivity index (χ2n) is 15.1. The van der Waals surface area contributed by atoms with Crippen LogP contribution in [0.3, 0.4) is 0 Å². The molecule has 1 fully saturated rings. The summed E-state index contributed by atoms with van der Waals surface area (Å²) in [6, 6.07) is 28.0. The van der Waals surface area contributed by atoms with Crippen molar-refractivity contribution < 1.29 is 41.3 Å². The maximum Gasteiger partial charge on any atom is 0.424 e. The molecule has 4 aromatic rings. The zero-order valence-electron chi connectivity index (χ0n) is 31.9. The molecule has 0 unspecified atom stereocenters. The van der Waals surface area contributed by atoms with E-state index in [0.717, 1.165) is 32.1 Å². The van der Waals surface area contributed by atoms with E-state index in [0.29, 0.717) is 19.6 Å². The topological polar surface area (TPSA) is 112 Å². The Balaban J connectivity index is 1.34. The molecule has 0 aliphatic carbocycles. The highest BCUT2D eigenvalue weighted by atomic mass is 32.2. The summed E-state index contributed by atoms with van der Waals surface area (Å²) < 4.78 is 68.4. The van der Waals surface area contributed by atoms with Gasteiger partial charge in [0.25, 0.3) is 15.9 Å². The molecule has 0 radical (unpaired) electrons. The van der Waals surface area contributed by atoms with Crippen molar-refractivity contribution in [2.75, 3.05) is 19.8 Å². The molecule has 5 atom stereocenters. The highest BCUT2D eigenvalue weighted by Gasteiger charge is 2.49. The van der Waals surface area contributed by atoms with Crippen LogP contribution >= 0.6 is 0 Å². The van der Waals surface area contributed by atoms with E-state index in [-0.39, 0.29) is 30.4 Å². The zero-order valence-corrected chi connectivity index (χ0v) is 32.7. The second-order valence-corrected chi connectivity index (χ2v) is 17.0. The Morgan fingerprint density at radius 1 is 0.945 bits per heavy atom. The number of ether oxygens (including phenoxy) is 4. The first-order chi connectivity index (χ1) is 26.2. The van der Waals surface area contributed by atoms with E-state index in [1.54, 1.807) is 56.9 Å². The number of carbonyl (C=O) groups is 2. The van der Waals surface area contributed by atoms with Gasteiger partial charge >= 0.3 is 6.09 Å². The third-order valence-corrected chi connectivity index (χ3v) is 11.5. The van der Waals surface area contributed by atoms with Crippen LogP contribution in [0, 0.1) is 12.7 Å². The quantitative estimate of drug-likeness (QED) is 0.155. The van der Waals surface area contributed by atoms with Gasteiger partial charge in [-0.1, -0.05) is 84.4 Å². The number of carbonyl (C=O) groups excluding carboxylic acids is 2. The van der Waals surface area contributed by atoms with E-state index < -0.39 is 57.9 Å². The van der Waals surface area contributed by atoms with Gasteiger partial charge in [0.05, 0.1) is 42.9 Å². The molecule has 12 heteroatoms. The molecule has 0 spiro atoms. The van der Waals surface area contributed by atoms with E-state index in [1.165, 1.54) is 24.3 Å². The minimum absolute atomic E-state index is 0.111. The van der Waals surface area contributed by atoms with Gasteiger partial charge in [-0.05, 0) is 87.6 Å². The van der Waals surface area contributed by atoms with Crippen LogP contribution in [0.15, 0.2) is 108 Å². The van der Waals surface area contributed by atoms with Crippen molar-refractivity contribution in [2.45, 2.75) is 95.0 Å². The van der Waals surface area contributed by atoms with Gasteiger partial charge in [0.1, 0.15) is 23.6 Å². The molecule has 2 heterocycles. The molecule has 0 aromatic heterocycles. The minimum Gasteiger partial charge on any atom is -0.443 e. The Kier molecular flexibility index (Phi) is 12.4. The lowest BCUT2D eigenvalue weighted by Crippen LogP contribution is -2.60. The maximum atomic E-state index is 14.7. The van der Waals surface area contributed by atoms with Gasteiger partial charge in [0, 0.05) is 13.0 Å². The molecule has 0 N–H and O–H groups in total. The van der Waals surface area contributed by atoms with Crippen molar-refractivity contribution in [3.05, 3.63) is 137 Å². The maximum absolute atomic E-state index is 14.7. The summed E-state index contributed by atoms with van der Waals surface area (Å²) in [4.78, 5) is 30.5. The lowest BCUT2D eigenvalue weighted by molar-refractivity contribution is -0.169. The van der Waals surface area contributed by atoms with Crippen LogP contribution in [0.1, 0.15) is 68.0 Å². The number of nitrogens with zero attached hydrogens (tertiary/aromatic N) is 2. The Hall–Kier alpha value is -4.62. The van der Waals surface area contributed by atoms with Crippen molar-refractivity contribution >= 4 is 22.0 Å². The molecule has 0 bridgehead atoms. The van der Waals surface area contributed by atoms with Gasteiger partial charge < -0.3 is 23.8 Å². The third kappa shape index (κ3) is 9.61. The predicted molar refractivity (Wildman–Crippen MR) is 205 cm³/mol. The summed E-state index contributed by atoms with van der Waals surface area (Å²) in [5.74, 6) is -0.782. The van der Waals surface area contributed by atoms with Gasteiger partial charge in [-0.3, -0.25) is 4.79 Å². The van der Waals surface area contributed by atoms with Crippen LogP contribution in [0.5, 0.6) is 0 Å². The van der Waals surface area contributed by atoms with Crippen molar-refractivity contribution in [1.29, 1.82) is 0 Å². The van der Waals surface area contributed by atoms with Crippen LogP contribution in [-0.4, -0.2) is 79.3 Å². The Bertz CT molecular complexity index is 2040. The number of amides is 2. The first-order valence-electron chi connectivity index (χ1n) is 18.6. The van der Waals surface area contributed by atoms with Gasteiger partial charge in [0.2, 0.25) is 0 Å². The van der Waals surface area contributed by atoms with Gasteiger partial charge in [0.15, 0.2) is 0 Å². The number of benzene rings is 4. The summed E-state index contributed by atoms with van der Waals surface area (Å²) in [5.41, 5.74) is 3.47. The summed E-state index contributed by atoms with van der Waals surface area (Å²) in [7, 11) is -4.55. The monoisotopic (exact) mass is 772 g/mol. The molecule has 55 heavy (non-hydrogen) atoms. The molecular formula is C43H49FN2O8S. The summed E-state index contributed by atoms with van der Waals surface area (Å²) in [5, 5.41) is 0. The number of hydrogen-bond donors (Lipinski definition) is 0. The van der Waals surface area contributed by atoms with Crippen LogP contribution in [-0.2, 0) is 46.8 Å². The second kappa shape index (κ2) is 17.0. The zero-order chi connectivity index (χ0) is 39.3. The van der Waals surface area contributed by atoms with E-state index >= 15 is 0 Å². The van der Waals surface area contributed by atoms with E-state index in [2.05, 4.69) is 0 Å².